The van der Waals surface area contributed by atoms with E-state index in [-0.39, 0.29) is 11.7 Å². The fourth-order valence-electron chi connectivity index (χ4n) is 2.88. The second-order valence-corrected chi connectivity index (χ2v) is 5.32. The first-order valence-corrected chi connectivity index (χ1v) is 7.13. The summed E-state index contributed by atoms with van der Waals surface area (Å²) in [7, 11) is 0. The van der Waals surface area contributed by atoms with E-state index in [1.165, 1.54) is 6.07 Å². The molecule has 1 aromatic carbocycles. The van der Waals surface area contributed by atoms with Gasteiger partial charge in [-0.1, -0.05) is 18.2 Å². The van der Waals surface area contributed by atoms with Crippen molar-refractivity contribution in [3.05, 3.63) is 59.5 Å². The van der Waals surface area contributed by atoms with Gasteiger partial charge in [0, 0.05) is 25.2 Å². The van der Waals surface area contributed by atoms with Crippen molar-refractivity contribution in [1.29, 1.82) is 5.26 Å². The van der Waals surface area contributed by atoms with Crippen LogP contribution in [0.5, 0.6) is 0 Å². The molecule has 0 radical (unpaired) electrons. The molecule has 3 nitrogen and oxygen atoms in total. The molecule has 3 rings (SSSR count). The molecule has 1 atom stereocenters. The Morgan fingerprint density at radius 3 is 2.81 bits per heavy atom. The quantitative estimate of drug-likeness (QED) is 0.846. The van der Waals surface area contributed by atoms with Gasteiger partial charge in [-0.2, -0.15) is 5.26 Å². The Labute approximate surface area is 123 Å². The minimum Gasteiger partial charge on any atom is -0.356 e. The molecule has 1 fully saturated rings. The molecule has 0 aliphatic carbocycles. The van der Waals surface area contributed by atoms with Gasteiger partial charge in [-0.05, 0) is 36.6 Å². The molecule has 2 heterocycles. The van der Waals surface area contributed by atoms with Gasteiger partial charge in [-0.3, -0.25) is 0 Å². The lowest BCUT2D eigenvalue weighted by Gasteiger charge is -2.34. The highest BCUT2D eigenvalue weighted by Crippen LogP contribution is 2.30. The van der Waals surface area contributed by atoms with Crippen LogP contribution in [-0.2, 0) is 0 Å². The van der Waals surface area contributed by atoms with Crippen molar-refractivity contribution in [3.8, 4) is 6.07 Å². The Morgan fingerprint density at radius 1 is 1.24 bits per heavy atom. The molecule has 1 aromatic heterocycles. The van der Waals surface area contributed by atoms with Gasteiger partial charge in [0.1, 0.15) is 17.7 Å². The number of aromatic nitrogens is 1. The minimum absolute atomic E-state index is 0.128. The normalized spacial score (nSPS) is 18.3. The Balaban J connectivity index is 1.79. The number of benzene rings is 1. The molecule has 1 saturated heterocycles. The van der Waals surface area contributed by atoms with Crippen LogP contribution in [-0.4, -0.2) is 18.1 Å². The third-order valence-electron chi connectivity index (χ3n) is 3.97. The summed E-state index contributed by atoms with van der Waals surface area (Å²) in [6, 6.07) is 12.7. The fourth-order valence-corrected chi connectivity index (χ4v) is 2.88. The molecule has 4 heteroatoms. The number of piperidine rings is 1. The fraction of sp³-hybridized carbons (Fsp3) is 0.294. The van der Waals surface area contributed by atoms with E-state index in [4.69, 9.17) is 5.26 Å². The van der Waals surface area contributed by atoms with Crippen molar-refractivity contribution in [1.82, 2.24) is 4.98 Å². The van der Waals surface area contributed by atoms with Gasteiger partial charge in [-0.15, -0.1) is 0 Å². The highest BCUT2D eigenvalue weighted by molar-refractivity contribution is 5.43. The Hall–Kier alpha value is -2.41. The third kappa shape index (κ3) is 2.87. The van der Waals surface area contributed by atoms with Crippen LogP contribution in [0.1, 0.15) is 29.9 Å². The SMILES string of the molecule is N#Cc1ccc(N2CCCC(c3ccccc3F)C2)nc1. The summed E-state index contributed by atoms with van der Waals surface area (Å²) in [6.07, 6.45) is 3.59. The average Bonchev–Trinajstić information content (AvgIpc) is 2.55. The molecule has 1 unspecified atom stereocenters. The predicted molar refractivity (Wildman–Crippen MR) is 79.5 cm³/mol. The second-order valence-electron chi connectivity index (χ2n) is 5.32. The van der Waals surface area contributed by atoms with E-state index in [1.54, 1.807) is 18.3 Å². The molecule has 1 aliphatic heterocycles. The van der Waals surface area contributed by atoms with E-state index in [9.17, 15) is 4.39 Å². The molecule has 0 amide bonds. The van der Waals surface area contributed by atoms with Crippen LogP contribution in [0.4, 0.5) is 10.2 Å². The lowest BCUT2D eigenvalue weighted by molar-refractivity contribution is 0.484. The maximum absolute atomic E-state index is 13.9. The van der Waals surface area contributed by atoms with Crippen molar-refractivity contribution >= 4 is 5.82 Å². The van der Waals surface area contributed by atoms with Gasteiger partial charge in [0.25, 0.3) is 0 Å². The number of pyridine rings is 1. The third-order valence-corrected chi connectivity index (χ3v) is 3.97. The van der Waals surface area contributed by atoms with E-state index < -0.39 is 0 Å². The summed E-state index contributed by atoms with van der Waals surface area (Å²) in [5, 5.41) is 8.81. The molecule has 0 bridgehead atoms. The molecule has 0 saturated carbocycles. The number of rotatable bonds is 2. The number of nitrogens with zero attached hydrogens (tertiary/aromatic N) is 3. The van der Waals surface area contributed by atoms with Crippen LogP contribution >= 0.6 is 0 Å². The molecule has 1 aliphatic rings. The smallest absolute Gasteiger partial charge is 0.128 e. The first-order chi connectivity index (χ1) is 10.3. The number of hydrogen-bond acceptors (Lipinski definition) is 3. The molecule has 0 N–H and O–H groups in total. The molecular formula is C17H16FN3. The predicted octanol–water partition coefficient (Wildman–Crippen LogP) is 3.48. The zero-order valence-electron chi connectivity index (χ0n) is 11.7. The highest BCUT2D eigenvalue weighted by Gasteiger charge is 2.24. The van der Waals surface area contributed by atoms with E-state index >= 15 is 0 Å². The van der Waals surface area contributed by atoms with Gasteiger partial charge < -0.3 is 4.90 Å². The summed E-state index contributed by atoms with van der Waals surface area (Å²) < 4.78 is 13.9. The number of hydrogen-bond donors (Lipinski definition) is 0. The molecule has 21 heavy (non-hydrogen) atoms. The van der Waals surface area contributed by atoms with Gasteiger partial charge >= 0.3 is 0 Å². The van der Waals surface area contributed by atoms with Crippen LogP contribution < -0.4 is 4.90 Å². The lowest BCUT2D eigenvalue weighted by Crippen LogP contribution is -2.35. The zero-order valence-corrected chi connectivity index (χ0v) is 11.7. The second kappa shape index (κ2) is 5.92. The van der Waals surface area contributed by atoms with E-state index in [0.717, 1.165) is 37.3 Å². The van der Waals surface area contributed by atoms with Crippen molar-refractivity contribution < 1.29 is 4.39 Å². The summed E-state index contributed by atoms with van der Waals surface area (Å²) in [4.78, 5) is 6.50. The van der Waals surface area contributed by atoms with E-state index in [2.05, 4.69) is 16.0 Å². The topological polar surface area (TPSA) is 39.9 Å². The minimum atomic E-state index is -0.128. The van der Waals surface area contributed by atoms with Gasteiger partial charge in [0.05, 0.1) is 5.56 Å². The first-order valence-electron chi connectivity index (χ1n) is 7.13. The summed E-state index contributed by atoms with van der Waals surface area (Å²) in [5.74, 6) is 0.921. The lowest BCUT2D eigenvalue weighted by atomic mass is 9.90. The summed E-state index contributed by atoms with van der Waals surface area (Å²) in [6.45, 7) is 1.68. The number of nitriles is 1. The van der Waals surface area contributed by atoms with E-state index in [1.807, 2.05) is 18.2 Å². The van der Waals surface area contributed by atoms with Crippen molar-refractivity contribution in [2.75, 3.05) is 18.0 Å². The molecular weight excluding hydrogens is 265 g/mol. The standard InChI is InChI=1S/C17H16FN3/c18-16-6-2-1-5-15(16)14-4-3-9-21(12-14)17-8-7-13(10-19)11-20-17/h1-2,5-8,11,14H,3-4,9,12H2. The van der Waals surface area contributed by atoms with Gasteiger partial charge in [0.2, 0.25) is 0 Å². The maximum Gasteiger partial charge on any atom is 0.128 e. The largest absolute Gasteiger partial charge is 0.356 e. The summed E-state index contributed by atoms with van der Waals surface area (Å²) >= 11 is 0. The van der Waals surface area contributed by atoms with Crippen LogP contribution in [0.3, 0.4) is 0 Å². The van der Waals surface area contributed by atoms with Crippen molar-refractivity contribution in [2.45, 2.75) is 18.8 Å². The van der Waals surface area contributed by atoms with E-state index in [0.29, 0.717) is 5.56 Å². The van der Waals surface area contributed by atoms with Crippen LogP contribution in [0, 0.1) is 17.1 Å². The summed E-state index contributed by atoms with van der Waals surface area (Å²) in [5.41, 5.74) is 1.34. The molecule has 2 aromatic rings. The average molecular weight is 281 g/mol. The van der Waals surface area contributed by atoms with Crippen molar-refractivity contribution in [2.24, 2.45) is 0 Å². The number of anilines is 1. The van der Waals surface area contributed by atoms with Crippen LogP contribution in [0.15, 0.2) is 42.6 Å². The Bertz CT molecular complexity index is 660. The first kappa shape index (κ1) is 13.6. The Kier molecular flexibility index (Phi) is 3.83. The highest BCUT2D eigenvalue weighted by atomic mass is 19.1. The monoisotopic (exact) mass is 281 g/mol. The van der Waals surface area contributed by atoms with Crippen molar-refractivity contribution in [3.63, 3.8) is 0 Å². The zero-order chi connectivity index (χ0) is 14.7. The maximum atomic E-state index is 13.9. The van der Waals surface area contributed by atoms with Gasteiger partial charge in [-0.25, -0.2) is 9.37 Å². The Morgan fingerprint density at radius 2 is 2.10 bits per heavy atom. The molecule has 0 spiro atoms. The molecule has 106 valence electrons. The van der Waals surface area contributed by atoms with Crippen LogP contribution in [0.2, 0.25) is 0 Å². The van der Waals surface area contributed by atoms with Gasteiger partial charge in [0.15, 0.2) is 0 Å². The number of halogens is 1. The van der Waals surface area contributed by atoms with Crippen LogP contribution in [0.25, 0.3) is 0 Å².